The van der Waals surface area contributed by atoms with Gasteiger partial charge in [0.15, 0.2) is 0 Å². The molecule has 0 heterocycles. The maximum atomic E-state index is 14.5. The Bertz CT molecular complexity index is 1160. The van der Waals surface area contributed by atoms with Crippen LogP contribution in [0, 0.1) is 12.8 Å². The van der Waals surface area contributed by atoms with Crippen LogP contribution in [0.15, 0.2) is 48.5 Å². The Kier molecular flexibility index (Phi) is 14.5. The van der Waals surface area contributed by atoms with E-state index in [9.17, 15) is 14.4 Å². The van der Waals surface area contributed by atoms with Crippen molar-refractivity contribution >= 4 is 23.6 Å². The zero-order valence-corrected chi connectivity index (χ0v) is 27.5. The number of hydrogen-bond acceptors (Lipinski definition) is 5. The average molecular weight is 596 g/mol. The molecule has 0 bridgehead atoms. The van der Waals surface area contributed by atoms with Gasteiger partial charge in [-0.1, -0.05) is 83.6 Å². The fraction of sp³-hybridized carbons (Fsp3) is 0.571. The Morgan fingerprint density at radius 3 is 2.12 bits per heavy atom. The van der Waals surface area contributed by atoms with Crippen LogP contribution in [0.5, 0.6) is 5.75 Å². The number of benzene rings is 2. The lowest BCUT2D eigenvalue weighted by Crippen LogP contribution is -2.55. The molecular weight excluding hydrogens is 542 g/mol. The second kappa shape index (κ2) is 17.5. The number of hydrogen-bond donors (Lipinski definition) is 2. The van der Waals surface area contributed by atoms with Gasteiger partial charge in [-0.25, -0.2) is 4.79 Å². The second-order valence-corrected chi connectivity index (χ2v) is 12.3. The van der Waals surface area contributed by atoms with Gasteiger partial charge in [-0.15, -0.1) is 0 Å². The third kappa shape index (κ3) is 11.6. The van der Waals surface area contributed by atoms with E-state index in [2.05, 4.69) is 17.6 Å². The van der Waals surface area contributed by atoms with Gasteiger partial charge in [-0.3, -0.25) is 9.59 Å². The molecule has 3 unspecified atom stereocenters. The summed E-state index contributed by atoms with van der Waals surface area (Å²) in [5.41, 5.74) is 1.53. The molecule has 0 aromatic heterocycles. The molecule has 0 spiro atoms. The van der Waals surface area contributed by atoms with Crippen LogP contribution in [-0.4, -0.2) is 48.1 Å². The molecule has 0 saturated carbocycles. The highest BCUT2D eigenvalue weighted by atomic mass is 16.6. The first kappa shape index (κ1) is 35.6. The Morgan fingerprint density at radius 1 is 0.907 bits per heavy atom. The van der Waals surface area contributed by atoms with Crippen LogP contribution in [0.4, 0.5) is 10.5 Å². The van der Waals surface area contributed by atoms with Gasteiger partial charge in [-0.2, -0.15) is 0 Å². The SMILES string of the molecule is CCCCCCCCN(C(=O)C(NC(=O)OC(C)(C)C)C(C)CC)C(C(=O)Nc1ccc(OC)cc1)c1ccccc1C. The van der Waals surface area contributed by atoms with Crippen LogP contribution in [0.1, 0.15) is 104 Å². The number of methoxy groups -OCH3 is 1. The Morgan fingerprint density at radius 2 is 1.53 bits per heavy atom. The van der Waals surface area contributed by atoms with E-state index in [-0.39, 0.29) is 17.7 Å². The lowest BCUT2D eigenvalue weighted by atomic mass is 9.94. The van der Waals surface area contributed by atoms with Crippen LogP contribution >= 0.6 is 0 Å². The van der Waals surface area contributed by atoms with Crippen molar-refractivity contribution in [2.75, 3.05) is 19.0 Å². The summed E-state index contributed by atoms with van der Waals surface area (Å²) in [5, 5.41) is 5.87. The van der Waals surface area contributed by atoms with Crippen molar-refractivity contribution in [3.8, 4) is 5.75 Å². The third-order valence-electron chi connectivity index (χ3n) is 7.59. The summed E-state index contributed by atoms with van der Waals surface area (Å²) in [7, 11) is 1.59. The molecule has 238 valence electrons. The fourth-order valence-corrected chi connectivity index (χ4v) is 4.95. The number of anilines is 1. The van der Waals surface area contributed by atoms with Gasteiger partial charge in [0.1, 0.15) is 23.4 Å². The van der Waals surface area contributed by atoms with Gasteiger partial charge in [0.2, 0.25) is 5.91 Å². The van der Waals surface area contributed by atoms with Crippen molar-refractivity contribution in [3.05, 3.63) is 59.7 Å². The normalized spacial score (nSPS) is 13.4. The maximum absolute atomic E-state index is 14.5. The second-order valence-electron chi connectivity index (χ2n) is 12.3. The van der Waals surface area contributed by atoms with Crippen molar-refractivity contribution in [1.29, 1.82) is 0 Å². The number of carbonyl (C=O) groups excluding carboxylic acids is 3. The number of nitrogens with zero attached hydrogens (tertiary/aromatic N) is 1. The quantitative estimate of drug-likeness (QED) is 0.193. The summed E-state index contributed by atoms with van der Waals surface area (Å²) >= 11 is 0. The van der Waals surface area contributed by atoms with Gasteiger partial charge >= 0.3 is 6.09 Å². The molecule has 0 aliphatic rings. The number of amides is 3. The molecule has 0 aliphatic heterocycles. The topological polar surface area (TPSA) is 97.0 Å². The molecule has 2 N–H and O–H groups in total. The molecule has 2 aromatic rings. The van der Waals surface area contributed by atoms with Gasteiger partial charge in [0, 0.05) is 12.2 Å². The van der Waals surface area contributed by atoms with E-state index in [4.69, 9.17) is 9.47 Å². The van der Waals surface area contributed by atoms with E-state index >= 15 is 0 Å². The van der Waals surface area contributed by atoms with Crippen molar-refractivity contribution in [3.63, 3.8) is 0 Å². The van der Waals surface area contributed by atoms with E-state index in [1.807, 2.05) is 45.0 Å². The molecule has 2 rings (SSSR count). The highest BCUT2D eigenvalue weighted by molar-refractivity contribution is 5.99. The zero-order valence-electron chi connectivity index (χ0n) is 27.5. The number of nitrogens with one attached hydrogen (secondary N) is 2. The minimum atomic E-state index is -0.904. The molecule has 2 aromatic carbocycles. The number of carbonyl (C=O) groups is 3. The number of alkyl carbamates (subject to hydrolysis) is 1. The van der Waals surface area contributed by atoms with Crippen LogP contribution in [-0.2, 0) is 14.3 Å². The van der Waals surface area contributed by atoms with Gasteiger partial charge in [-0.05, 0) is 75.4 Å². The molecule has 0 aliphatic carbocycles. The predicted molar refractivity (Wildman–Crippen MR) is 173 cm³/mol. The highest BCUT2D eigenvalue weighted by Crippen LogP contribution is 2.29. The first-order chi connectivity index (χ1) is 20.4. The first-order valence-electron chi connectivity index (χ1n) is 15.7. The van der Waals surface area contributed by atoms with Crippen molar-refractivity contribution in [2.45, 2.75) is 111 Å². The molecule has 8 nitrogen and oxygen atoms in total. The van der Waals surface area contributed by atoms with Crippen LogP contribution in [0.3, 0.4) is 0 Å². The summed E-state index contributed by atoms with van der Waals surface area (Å²) < 4.78 is 10.8. The van der Waals surface area contributed by atoms with Crippen molar-refractivity contribution in [1.82, 2.24) is 10.2 Å². The average Bonchev–Trinajstić information content (AvgIpc) is 2.96. The smallest absolute Gasteiger partial charge is 0.408 e. The molecule has 0 fully saturated rings. The summed E-state index contributed by atoms with van der Waals surface area (Å²) in [5.74, 6) is -0.127. The van der Waals surface area contributed by atoms with E-state index in [1.165, 1.54) is 6.42 Å². The maximum Gasteiger partial charge on any atom is 0.408 e. The fourth-order valence-electron chi connectivity index (χ4n) is 4.95. The number of ether oxygens (including phenoxy) is 2. The summed E-state index contributed by atoms with van der Waals surface area (Å²) in [4.78, 5) is 43.3. The number of rotatable bonds is 16. The molecule has 3 atom stereocenters. The van der Waals surface area contributed by atoms with Gasteiger partial charge < -0.3 is 25.0 Å². The minimum Gasteiger partial charge on any atom is -0.497 e. The molecule has 43 heavy (non-hydrogen) atoms. The van der Waals surface area contributed by atoms with Gasteiger partial charge in [0.05, 0.1) is 7.11 Å². The van der Waals surface area contributed by atoms with Crippen molar-refractivity contribution < 1.29 is 23.9 Å². The Hall–Kier alpha value is -3.55. The summed E-state index contributed by atoms with van der Waals surface area (Å²) in [6, 6.07) is 13.0. The lowest BCUT2D eigenvalue weighted by molar-refractivity contribution is -0.142. The lowest BCUT2D eigenvalue weighted by Gasteiger charge is -2.36. The van der Waals surface area contributed by atoms with Crippen molar-refractivity contribution in [2.24, 2.45) is 5.92 Å². The summed E-state index contributed by atoms with van der Waals surface area (Å²) in [6.45, 7) is 13.8. The number of aryl methyl sites for hydroxylation is 1. The molecule has 8 heteroatoms. The Balaban J connectivity index is 2.53. The molecule has 0 saturated heterocycles. The van der Waals surface area contributed by atoms with Crippen LogP contribution < -0.4 is 15.4 Å². The monoisotopic (exact) mass is 595 g/mol. The third-order valence-corrected chi connectivity index (χ3v) is 7.59. The zero-order chi connectivity index (χ0) is 32.0. The van der Waals surface area contributed by atoms with Crippen LogP contribution in [0.2, 0.25) is 0 Å². The van der Waals surface area contributed by atoms with Gasteiger partial charge in [0.25, 0.3) is 5.91 Å². The molecule has 3 amide bonds. The molecular formula is C35H53N3O5. The predicted octanol–water partition coefficient (Wildman–Crippen LogP) is 7.81. The largest absolute Gasteiger partial charge is 0.497 e. The molecule has 0 radical (unpaired) electrons. The standard InChI is InChI=1S/C35H53N3O5/c1-9-11-12-13-14-17-24-38(33(40)30(25(3)10-2)37-34(41)43-35(5,6)7)31(29-19-16-15-18-26(29)4)32(39)36-27-20-22-28(42-8)23-21-27/h15-16,18-23,25,30-31H,9-14,17,24H2,1-8H3,(H,36,39)(H,37,41). The van der Waals surface area contributed by atoms with E-state index < -0.39 is 23.8 Å². The highest BCUT2D eigenvalue weighted by Gasteiger charge is 2.38. The summed E-state index contributed by atoms with van der Waals surface area (Å²) in [6.07, 6.45) is 6.22. The van der Waals surface area contributed by atoms with E-state index in [1.54, 1.807) is 57.0 Å². The Labute approximate surface area is 258 Å². The first-order valence-corrected chi connectivity index (χ1v) is 15.7. The van der Waals surface area contributed by atoms with E-state index in [0.717, 1.165) is 43.2 Å². The van der Waals surface area contributed by atoms with E-state index in [0.29, 0.717) is 24.4 Å². The number of unbranched alkanes of at least 4 members (excludes halogenated alkanes) is 5. The minimum absolute atomic E-state index is 0.186. The van der Waals surface area contributed by atoms with Crippen LogP contribution in [0.25, 0.3) is 0 Å².